The molecule has 1 rings (SSSR count). The summed E-state index contributed by atoms with van der Waals surface area (Å²) in [6.07, 6.45) is 2.65. The fourth-order valence-corrected chi connectivity index (χ4v) is 1.36. The summed E-state index contributed by atoms with van der Waals surface area (Å²) in [5, 5.41) is 8.95. The van der Waals surface area contributed by atoms with E-state index in [0.717, 1.165) is 6.42 Å². The third-order valence-electron chi connectivity index (χ3n) is 2.13. The molecule has 0 saturated heterocycles. The van der Waals surface area contributed by atoms with Crippen molar-refractivity contribution in [1.29, 1.82) is 0 Å². The Morgan fingerprint density at radius 2 is 2.20 bits per heavy atom. The maximum Gasteiger partial charge on any atom is 0.347 e. The van der Waals surface area contributed by atoms with Gasteiger partial charge in [-0.05, 0) is 13.3 Å². The van der Waals surface area contributed by atoms with Crippen molar-refractivity contribution in [2.45, 2.75) is 33.2 Å². The Hall–Kier alpha value is -1.65. The third-order valence-corrected chi connectivity index (χ3v) is 2.13. The molecule has 0 spiro atoms. The molecule has 0 aliphatic rings. The molecule has 15 heavy (non-hydrogen) atoms. The molecule has 0 unspecified atom stereocenters. The smallest absolute Gasteiger partial charge is 0.347 e. The Kier molecular flexibility index (Phi) is 3.60. The average molecular weight is 210 g/mol. The van der Waals surface area contributed by atoms with Gasteiger partial charge in [0.05, 0.1) is 11.3 Å². The fraction of sp³-hybridized carbons (Fsp3) is 0.500. The lowest BCUT2D eigenvalue weighted by molar-refractivity contribution is 0.0694. The van der Waals surface area contributed by atoms with Gasteiger partial charge in [0.15, 0.2) is 0 Å². The van der Waals surface area contributed by atoms with E-state index in [1.807, 2.05) is 6.92 Å². The zero-order valence-corrected chi connectivity index (χ0v) is 8.86. The van der Waals surface area contributed by atoms with Crippen molar-refractivity contribution < 1.29 is 9.90 Å². The van der Waals surface area contributed by atoms with E-state index < -0.39 is 5.97 Å². The molecule has 1 aromatic heterocycles. The van der Waals surface area contributed by atoms with Gasteiger partial charge < -0.3 is 5.11 Å². The van der Waals surface area contributed by atoms with Crippen molar-refractivity contribution in [3.63, 3.8) is 0 Å². The molecule has 0 aliphatic heterocycles. The molecular formula is C10H14N2O3. The van der Waals surface area contributed by atoms with Gasteiger partial charge in [0.2, 0.25) is 0 Å². The second kappa shape index (κ2) is 4.72. The summed E-state index contributed by atoms with van der Waals surface area (Å²) in [6, 6.07) is 0. The number of rotatable bonds is 4. The monoisotopic (exact) mass is 210 g/mol. The number of aromatic carboxylic acids is 1. The van der Waals surface area contributed by atoms with Gasteiger partial charge in [-0.1, -0.05) is 13.3 Å². The predicted molar refractivity (Wildman–Crippen MR) is 55.1 cm³/mol. The first kappa shape index (κ1) is 11.4. The van der Waals surface area contributed by atoms with Crippen molar-refractivity contribution in [3.8, 4) is 0 Å². The number of carbonyl (C=O) groups is 1. The van der Waals surface area contributed by atoms with Crippen LogP contribution in [0.4, 0.5) is 0 Å². The van der Waals surface area contributed by atoms with Crippen LogP contribution in [0.2, 0.25) is 0 Å². The highest BCUT2D eigenvalue weighted by atomic mass is 16.4. The minimum atomic E-state index is -1.03. The van der Waals surface area contributed by atoms with Gasteiger partial charge >= 0.3 is 11.7 Å². The van der Waals surface area contributed by atoms with Crippen molar-refractivity contribution in [2.24, 2.45) is 0 Å². The van der Waals surface area contributed by atoms with Crippen molar-refractivity contribution in [1.82, 2.24) is 9.55 Å². The summed E-state index contributed by atoms with van der Waals surface area (Å²) >= 11 is 0. The molecule has 1 heterocycles. The molecule has 82 valence electrons. The summed E-state index contributed by atoms with van der Waals surface area (Å²) in [5.41, 5.74) is 0.115. The van der Waals surface area contributed by atoms with E-state index in [1.165, 1.54) is 10.8 Å². The van der Waals surface area contributed by atoms with Crippen LogP contribution < -0.4 is 5.69 Å². The van der Waals surface area contributed by atoms with E-state index in [9.17, 15) is 9.59 Å². The zero-order chi connectivity index (χ0) is 11.4. The molecule has 0 radical (unpaired) electrons. The largest absolute Gasteiger partial charge is 0.478 e. The number of carboxylic acids is 1. The number of hydrogen-bond donors (Lipinski definition) is 1. The summed E-state index contributed by atoms with van der Waals surface area (Å²) < 4.78 is 1.29. The maximum absolute atomic E-state index is 11.4. The van der Waals surface area contributed by atoms with Gasteiger partial charge in [-0.3, -0.25) is 4.57 Å². The van der Waals surface area contributed by atoms with Crippen LogP contribution in [0.3, 0.4) is 0 Å². The van der Waals surface area contributed by atoms with E-state index in [2.05, 4.69) is 4.98 Å². The lowest BCUT2D eigenvalue weighted by Crippen LogP contribution is -2.26. The number of nitrogens with zero attached hydrogens (tertiary/aromatic N) is 2. The standard InChI is InChI=1S/C10H14N2O3/c1-3-5-8-7(9(13)14)6-12(4-2)10(15)11-8/h6H,3-5H2,1-2H3,(H,13,14). The molecule has 5 heteroatoms. The van der Waals surface area contributed by atoms with Gasteiger partial charge in [-0.2, -0.15) is 4.98 Å². The maximum atomic E-state index is 11.4. The van der Waals surface area contributed by atoms with Crippen molar-refractivity contribution in [2.75, 3.05) is 0 Å². The first-order chi connectivity index (χ1) is 7.10. The SMILES string of the molecule is CCCc1nc(=O)n(CC)cc1C(=O)O. The number of carboxylic acid groups (broad SMARTS) is 1. The summed E-state index contributed by atoms with van der Waals surface area (Å²) in [5.74, 6) is -1.03. The second-order valence-electron chi connectivity index (χ2n) is 3.23. The first-order valence-electron chi connectivity index (χ1n) is 4.93. The third kappa shape index (κ3) is 2.43. The predicted octanol–water partition coefficient (Wildman–Crippen LogP) is 0.914. The van der Waals surface area contributed by atoms with Crippen LogP contribution in [-0.2, 0) is 13.0 Å². The fourth-order valence-electron chi connectivity index (χ4n) is 1.36. The van der Waals surface area contributed by atoms with Crippen molar-refractivity contribution >= 4 is 5.97 Å². The molecular weight excluding hydrogens is 196 g/mol. The highest BCUT2D eigenvalue weighted by Gasteiger charge is 2.13. The van der Waals surface area contributed by atoms with Crippen LogP contribution in [0, 0.1) is 0 Å². The van der Waals surface area contributed by atoms with E-state index in [4.69, 9.17) is 5.11 Å². The summed E-state index contributed by atoms with van der Waals surface area (Å²) in [6.45, 7) is 4.12. The molecule has 0 bridgehead atoms. The van der Waals surface area contributed by atoms with Crippen LogP contribution in [0.25, 0.3) is 0 Å². The highest BCUT2D eigenvalue weighted by Crippen LogP contribution is 2.06. The molecule has 5 nitrogen and oxygen atoms in total. The molecule has 0 atom stereocenters. The Labute approximate surface area is 87.4 Å². The highest BCUT2D eigenvalue weighted by molar-refractivity contribution is 5.88. The molecule has 0 amide bonds. The Bertz CT molecular complexity index is 423. The second-order valence-corrected chi connectivity index (χ2v) is 3.23. The average Bonchev–Trinajstić information content (AvgIpc) is 2.18. The van der Waals surface area contributed by atoms with Crippen LogP contribution in [0.5, 0.6) is 0 Å². The molecule has 0 saturated carbocycles. The van der Waals surface area contributed by atoms with E-state index in [1.54, 1.807) is 6.92 Å². The minimum Gasteiger partial charge on any atom is -0.478 e. The number of aromatic nitrogens is 2. The summed E-state index contributed by atoms with van der Waals surface area (Å²) in [4.78, 5) is 26.1. The van der Waals surface area contributed by atoms with Gasteiger partial charge in [0, 0.05) is 12.7 Å². The summed E-state index contributed by atoms with van der Waals surface area (Å²) in [7, 11) is 0. The number of aryl methyl sites for hydroxylation is 2. The van der Waals surface area contributed by atoms with E-state index in [0.29, 0.717) is 18.7 Å². The van der Waals surface area contributed by atoms with Crippen LogP contribution in [0.1, 0.15) is 36.3 Å². The Balaban J connectivity index is 3.32. The quantitative estimate of drug-likeness (QED) is 0.801. The van der Waals surface area contributed by atoms with Gasteiger partial charge in [-0.15, -0.1) is 0 Å². The van der Waals surface area contributed by atoms with Crippen LogP contribution >= 0.6 is 0 Å². The zero-order valence-electron chi connectivity index (χ0n) is 8.86. The molecule has 0 aliphatic carbocycles. The first-order valence-corrected chi connectivity index (χ1v) is 4.93. The molecule has 0 aromatic carbocycles. The minimum absolute atomic E-state index is 0.123. The number of hydrogen-bond acceptors (Lipinski definition) is 3. The lowest BCUT2D eigenvalue weighted by atomic mass is 10.1. The Morgan fingerprint density at radius 3 is 2.67 bits per heavy atom. The van der Waals surface area contributed by atoms with Gasteiger partial charge in [-0.25, -0.2) is 9.59 Å². The molecule has 1 N–H and O–H groups in total. The normalized spacial score (nSPS) is 10.3. The van der Waals surface area contributed by atoms with Crippen molar-refractivity contribution in [3.05, 3.63) is 27.9 Å². The molecule has 0 fully saturated rings. The Morgan fingerprint density at radius 1 is 1.53 bits per heavy atom. The lowest BCUT2D eigenvalue weighted by Gasteiger charge is -2.06. The van der Waals surface area contributed by atoms with Gasteiger partial charge in [0.25, 0.3) is 0 Å². The topological polar surface area (TPSA) is 72.2 Å². The van der Waals surface area contributed by atoms with Crippen LogP contribution in [0.15, 0.2) is 11.0 Å². The molecule has 1 aromatic rings. The van der Waals surface area contributed by atoms with E-state index >= 15 is 0 Å². The van der Waals surface area contributed by atoms with Gasteiger partial charge in [0.1, 0.15) is 0 Å². The van der Waals surface area contributed by atoms with Crippen LogP contribution in [-0.4, -0.2) is 20.6 Å². The van der Waals surface area contributed by atoms with E-state index in [-0.39, 0.29) is 11.3 Å².